The molecule has 1 unspecified atom stereocenters. The second kappa shape index (κ2) is 13.2. The van der Waals surface area contributed by atoms with Gasteiger partial charge in [0, 0.05) is 42.7 Å². The molecule has 1 atom stereocenters. The van der Waals surface area contributed by atoms with Crippen LogP contribution < -0.4 is 10.6 Å². The second-order valence-corrected chi connectivity index (χ2v) is 7.74. The molecule has 0 saturated carbocycles. The van der Waals surface area contributed by atoms with Crippen molar-refractivity contribution in [2.45, 2.75) is 43.3 Å². The molecule has 26 heavy (non-hydrogen) atoms. The third kappa shape index (κ3) is 8.62. The average Bonchev–Trinajstić information content (AvgIpc) is 3.02. The number of hydrogen-bond acceptors (Lipinski definition) is 3. The van der Waals surface area contributed by atoms with Crippen molar-refractivity contribution in [2.24, 2.45) is 4.99 Å². The molecule has 0 spiro atoms. The highest BCUT2D eigenvalue weighted by atomic mass is 127. The first-order valence-electron chi connectivity index (χ1n) is 9.20. The molecule has 1 aliphatic rings. The van der Waals surface area contributed by atoms with E-state index in [1.165, 1.54) is 4.90 Å². The summed E-state index contributed by atoms with van der Waals surface area (Å²) in [7, 11) is 0. The third-order valence-corrected chi connectivity index (χ3v) is 5.10. The van der Waals surface area contributed by atoms with Crippen LogP contribution in [0.4, 0.5) is 0 Å². The first kappa shape index (κ1) is 23.1. The molecule has 1 aliphatic heterocycles. The number of hydrogen-bond donors (Lipinski definition) is 2. The van der Waals surface area contributed by atoms with Crippen molar-refractivity contribution in [3.05, 3.63) is 30.3 Å². The van der Waals surface area contributed by atoms with Crippen molar-refractivity contribution in [3.8, 4) is 0 Å². The Balaban J connectivity index is 0.00000338. The fourth-order valence-corrected chi connectivity index (χ4v) is 3.68. The predicted molar refractivity (Wildman–Crippen MR) is 122 cm³/mol. The molecule has 1 heterocycles. The lowest BCUT2D eigenvalue weighted by Crippen LogP contribution is -2.39. The molecule has 1 saturated heterocycles. The topological polar surface area (TPSA) is 56.7 Å². The number of guanidine groups is 1. The first-order valence-corrected chi connectivity index (χ1v) is 10.1. The van der Waals surface area contributed by atoms with Gasteiger partial charge in [-0.05, 0) is 31.9 Å². The minimum atomic E-state index is 0. The van der Waals surface area contributed by atoms with Gasteiger partial charge in [-0.1, -0.05) is 25.1 Å². The summed E-state index contributed by atoms with van der Waals surface area (Å²) in [6.45, 7) is 8.46. The number of thioether (sulfide) groups is 1. The molecule has 2 N–H and O–H groups in total. The average molecular weight is 490 g/mol. The molecular weight excluding hydrogens is 459 g/mol. The van der Waals surface area contributed by atoms with Crippen LogP contribution in [-0.2, 0) is 4.79 Å². The fraction of sp³-hybridized carbons (Fsp3) is 0.579. The Bertz CT molecular complexity index is 556. The maximum absolute atomic E-state index is 11.6. The summed E-state index contributed by atoms with van der Waals surface area (Å²) in [5.74, 6) is 1.16. The minimum absolute atomic E-state index is 0. The van der Waals surface area contributed by atoms with Gasteiger partial charge in [-0.25, -0.2) is 0 Å². The van der Waals surface area contributed by atoms with E-state index >= 15 is 0 Å². The number of likely N-dealkylation sites (tertiary alicyclic amines) is 1. The van der Waals surface area contributed by atoms with E-state index in [0.717, 1.165) is 51.5 Å². The number of nitrogens with one attached hydrogen (secondary N) is 2. The Labute approximate surface area is 178 Å². The van der Waals surface area contributed by atoms with Gasteiger partial charge in [0.25, 0.3) is 0 Å². The van der Waals surface area contributed by atoms with Gasteiger partial charge in [-0.3, -0.25) is 9.79 Å². The maximum atomic E-state index is 11.6. The van der Waals surface area contributed by atoms with Crippen LogP contribution in [-0.4, -0.2) is 54.7 Å². The monoisotopic (exact) mass is 490 g/mol. The van der Waals surface area contributed by atoms with E-state index in [0.29, 0.717) is 17.6 Å². The molecule has 146 valence electrons. The summed E-state index contributed by atoms with van der Waals surface area (Å²) in [6, 6.07) is 10.4. The lowest BCUT2D eigenvalue weighted by atomic mass is 10.4. The van der Waals surface area contributed by atoms with Gasteiger partial charge in [0.05, 0.1) is 6.54 Å². The number of aliphatic imine (C=N–C) groups is 1. The van der Waals surface area contributed by atoms with Crippen LogP contribution in [0, 0.1) is 0 Å². The Morgan fingerprint density at radius 2 is 2.08 bits per heavy atom. The summed E-state index contributed by atoms with van der Waals surface area (Å²) in [6.07, 6.45) is 2.67. The fourth-order valence-electron chi connectivity index (χ4n) is 2.75. The molecular formula is C19H31IN4OS. The van der Waals surface area contributed by atoms with Gasteiger partial charge < -0.3 is 15.5 Å². The molecule has 1 amide bonds. The lowest BCUT2D eigenvalue weighted by molar-refractivity contribution is -0.127. The highest BCUT2D eigenvalue weighted by Gasteiger charge is 2.18. The number of halogens is 1. The van der Waals surface area contributed by atoms with Crippen LogP contribution in [0.1, 0.15) is 33.1 Å². The van der Waals surface area contributed by atoms with E-state index < -0.39 is 0 Å². The summed E-state index contributed by atoms with van der Waals surface area (Å²) in [5, 5.41) is 7.08. The summed E-state index contributed by atoms with van der Waals surface area (Å²) in [5.41, 5.74) is 0. The van der Waals surface area contributed by atoms with E-state index in [4.69, 9.17) is 0 Å². The molecule has 7 heteroatoms. The summed E-state index contributed by atoms with van der Waals surface area (Å²) >= 11 is 1.84. The van der Waals surface area contributed by atoms with Crippen LogP contribution in [0.3, 0.4) is 0 Å². The second-order valence-electron chi connectivity index (χ2n) is 6.23. The van der Waals surface area contributed by atoms with E-state index in [9.17, 15) is 4.79 Å². The van der Waals surface area contributed by atoms with E-state index in [-0.39, 0.29) is 24.0 Å². The van der Waals surface area contributed by atoms with Crippen molar-refractivity contribution >= 4 is 47.6 Å². The van der Waals surface area contributed by atoms with E-state index in [1.54, 1.807) is 0 Å². The Morgan fingerprint density at radius 3 is 2.73 bits per heavy atom. The van der Waals surface area contributed by atoms with Gasteiger partial charge in [-0.2, -0.15) is 0 Å². The van der Waals surface area contributed by atoms with Gasteiger partial charge in [0.2, 0.25) is 5.91 Å². The molecule has 2 rings (SSSR count). The van der Waals surface area contributed by atoms with Gasteiger partial charge >= 0.3 is 0 Å². The van der Waals surface area contributed by atoms with Crippen LogP contribution in [0.15, 0.2) is 40.2 Å². The Morgan fingerprint density at radius 1 is 1.31 bits per heavy atom. The highest BCUT2D eigenvalue weighted by Crippen LogP contribution is 2.22. The van der Waals surface area contributed by atoms with Crippen molar-refractivity contribution < 1.29 is 4.79 Å². The summed E-state index contributed by atoms with van der Waals surface area (Å²) < 4.78 is 0. The molecule has 1 aromatic carbocycles. The molecule has 1 aromatic rings. The van der Waals surface area contributed by atoms with Crippen LogP contribution in [0.2, 0.25) is 0 Å². The van der Waals surface area contributed by atoms with Crippen LogP contribution in [0.5, 0.6) is 0 Å². The highest BCUT2D eigenvalue weighted by molar-refractivity contribution is 14.0. The van der Waals surface area contributed by atoms with Crippen molar-refractivity contribution in [1.29, 1.82) is 0 Å². The number of rotatable bonds is 9. The number of amides is 1. The van der Waals surface area contributed by atoms with Gasteiger partial charge in [-0.15, -0.1) is 35.7 Å². The zero-order valence-electron chi connectivity index (χ0n) is 15.7. The number of carbonyl (C=O) groups excluding carboxylic acids is 1. The standard InChI is InChI=1S/C19H30N4OS.HI/c1-3-20-19(21-12-8-14-23-13-7-11-18(23)24)22-15-16(2)25-17-9-5-4-6-10-17;/h4-6,9-10,16H,3,7-8,11-15H2,1-2H3,(H2,20,21,22);1H. The zero-order valence-corrected chi connectivity index (χ0v) is 18.9. The number of nitrogens with zero attached hydrogens (tertiary/aromatic N) is 2. The normalized spacial score (nSPS) is 15.5. The number of carbonyl (C=O) groups is 1. The predicted octanol–water partition coefficient (Wildman–Crippen LogP) is 3.35. The molecule has 0 aromatic heterocycles. The van der Waals surface area contributed by atoms with Crippen molar-refractivity contribution in [1.82, 2.24) is 15.5 Å². The largest absolute Gasteiger partial charge is 0.357 e. The Hall–Kier alpha value is -0.960. The molecule has 0 aliphatic carbocycles. The SMILES string of the molecule is CCNC(=NCC(C)Sc1ccccc1)NCCCN1CCCC1=O.I. The molecule has 1 fully saturated rings. The van der Waals surface area contributed by atoms with Gasteiger partial charge in [0.15, 0.2) is 5.96 Å². The Kier molecular flexibility index (Phi) is 11.8. The lowest BCUT2D eigenvalue weighted by Gasteiger charge is -2.17. The summed E-state index contributed by atoms with van der Waals surface area (Å²) in [4.78, 5) is 19.5. The molecule has 5 nitrogen and oxygen atoms in total. The number of benzene rings is 1. The third-order valence-electron chi connectivity index (χ3n) is 4.00. The first-order chi connectivity index (χ1) is 12.2. The molecule has 0 bridgehead atoms. The zero-order chi connectivity index (χ0) is 17.9. The smallest absolute Gasteiger partial charge is 0.222 e. The minimum Gasteiger partial charge on any atom is -0.357 e. The van der Waals surface area contributed by atoms with Crippen LogP contribution >= 0.6 is 35.7 Å². The quantitative estimate of drug-likeness (QED) is 0.183. The van der Waals surface area contributed by atoms with Crippen molar-refractivity contribution in [3.63, 3.8) is 0 Å². The van der Waals surface area contributed by atoms with E-state index in [1.807, 2.05) is 22.7 Å². The van der Waals surface area contributed by atoms with Gasteiger partial charge in [0.1, 0.15) is 0 Å². The molecule has 0 radical (unpaired) electrons. The van der Waals surface area contributed by atoms with Crippen LogP contribution in [0.25, 0.3) is 0 Å². The van der Waals surface area contributed by atoms with Crippen molar-refractivity contribution in [2.75, 3.05) is 32.7 Å². The van der Waals surface area contributed by atoms with E-state index in [2.05, 4.69) is 53.7 Å². The maximum Gasteiger partial charge on any atom is 0.222 e.